The average molecular weight is 425 g/mol. The van der Waals surface area contributed by atoms with E-state index in [9.17, 15) is 14.7 Å². The number of phenolic OH excluding ortho intramolecular Hbond substituents is 1. The average Bonchev–Trinajstić information content (AvgIpc) is 2.84. The SMILES string of the molecule is COC(=O)c1cc(NC(=O)c2ccccc2O)nc(-c2ccc(-c3cccnc3)cc2)c1. The maximum Gasteiger partial charge on any atom is 0.338 e. The predicted octanol–water partition coefficient (Wildman–Crippen LogP) is 4.56. The minimum atomic E-state index is -0.557. The van der Waals surface area contributed by atoms with E-state index in [0.717, 1.165) is 16.7 Å². The standard InChI is InChI=1S/C25H19N3O4/c1-32-25(31)19-13-21(17-10-8-16(9-11-17)18-5-4-12-26-15-18)27-23(14-19)28-24(30)20-6-2-3-7-22(20)29/h2-15,29H,1H3,(H,27,28,30). The normalized spacial score (nSPS) is 10.4. The van der Waals surface area contributed by atoms with Crippen molar-refractivity contribution in [3.8, 4) is 28.1 Å². The van der Waals surface area contributed by atoms with E-state index in [-0.39, 0.29) is 22.7 Å². The number of nitrogens with one attached hydrogen (secondary N) is 1. The van der Waals surface area contributed by atoms with Crippen LogP contribution in [0.25, 0.3) is 22.4 Å². The van der Waals surface area contributed by atoms with Gasteiger partial charge in [0.15, 0.2) is 0 Å². The minimum Gasteiger partial charge on any atom is -0.507 e. The van der Waals surface area contributed by atoms with Gasteiger partial charge in [0.05, 0.1) is 23.9 Å². The van der Waals surface area contributed by atoms with Crippen LogP contribution in [-0.2, 0) is 4.74 Å². The summed E-state index contributed by atoms with van der Waals surface area (Å²) in [5.74, 6) is -1.10. The van der Waals surface area contributed by atoms with Crippen LogP contribution in [0.15, 0.2) is 85.2 Å². The first kappa shape index (κ1) is 20.7. The number of aromatic hydroxyl groups is 1. The molecule has 4 rings (SSSR count). The summed E-state index contributed by atoms with van der Waals surface area (Å²) < 4.78 is 4.84. The molecule has 158 valence electrons. The summed E-state index contributed by atoms with van der Waals surface area (Å²) in [6, 6.07) is 20.6. The van der Waals surface area contributed by atoms with E-state index in [1.54, 1.807) is 30.6 Å². The summed E-state index contributed by atoms with van der Waals surface area (Å²) in [6.07, 6.45) is 3.49. The number of nitrogens with zero attached hydrogens (tertiary/aromatic N) is 2. The zero-order chi connectivity index (χ0) is 22.5. The van der Waals surface area contributed by atoms with Crippen LogP contribution in [0.5, 0.6) is 5.75 Å². The second-order valence-corrected chi connectivity index (χ2v) is 6.91. The van der Waals surface area contributed by atoms with Crippen LogP contribution in [0, 0.1) is 0 Å². The lowest BCUT2D eigenvalue weighted by Gasteiger charge is -2.11. The molecule has 0 aliphatic rings. The fraction of sp³-hybridized carbons (Fsp3) is 0.0400. The molecular weight excluding hydrogens is 406 g/mol. The van der Waals surface area contributed by atoms with Gasteiger partial charge in [-0.1, -0.05) is 42.5 Å². The van der Waals surface area contributed by atoms with Crippen molar-refractivity contribution in [2.24, 2.45) is 0 Å². The molecule has 0 atom stereocenters. The Morgan fingerprint density at radius 2 is 1.66 bits per heavy atom. The van der Waals surface area contributed by atoms with Crippen LogP contribution in [-0.4, -0.2) is 34.1 Å². The van der Waals surface area contributed by atoms with Gasteiger partial charge in [0, 0.05) is 18.0 Å². The number of hydrogen-bond donors (Lipinski definition) is 2. The molecular formula is C25H19N3O4. The van der Waals surface area contributed by atoms with E-state index >= 15 is 0 Å². The second kappa shape index (κ2) is 9.09. The van der Waals surface area contributed by atoms with E-state index in [4.69, 9.17) is 4.74 Å². The quantitative estimate of drug-likeness (QED) is 0.455. The Morgan fingerprint density at radius 3 is 2.34 bits per heavy atom. The highest BCUT2D eigenvalue weighted by Crippen LogP contribution is 2.26. The fourth-order valence-corrected chi connectivity index (χ4v) is 3.19. The third-order valence-electron chi connectivity index (χ3n) is 4.81. The van der Waals surface area contributed by atoms with E-state index in [0.29, 0.717) is 5.69 Å². The van der Waals surface area contributed by atoms with Crippen LogP contribution >= 0.6 is 0 Å². The summed E-state index contributed by atoms with van der Waals surface area (Å²) >= 11 is 0. The number of aromatic nitrogens is 2. The van der Waals surface area contributed by atoms with Gasteiger partial charge in [-0.05, 0) is 41.5 Å². The number of anilines is 1. The zero-order valence-corrected chi connectivity index (χ0v) is 17.1. The Labute approximate surface area is 184 Å². The van der Waals surface area contributed by atoms with Gasteiger partial charge in [0.2, 0.25) is 0 Å². The van der Waals surface area contributed by atoms with E-state index in [1.165, 1.54) is 25.3 Å². The van der Waals surface area contributed by atoms with Crippen LogP contribution in [0.4, 0.5) is 5.82 Å². The largest absolute Gasteiger partial charge is 0.507 e. The number of rotatable bonds is 5. The topological polar surface area (TPSA) is 101 Å². The van der Waals surface area contributed by atoms with Crippen molar-refractivity contribution >= 4 is 17.7 Å². The number of carbonyl (C=O) groups is 2. The van der Waals surface area contributed by atoms with Crippen molar-refractivity contribution < 1.29 is 19.4 Å². The molecule has 0 aliphatic heterocycles. The van der Waals surface area contributed by atoms with Crippen molar-refractivity contribution in [1.29, 1.82) is 0 Å². The molecule has 4 aromatic rings. The first-order valence-electron chi connectivity index (χ1n) is 9.76. The number of phenols is 1. The molecule has 0 fully saturated rings. The smallest absolute Gasteiger partial charge is 0.338 e. The molecule has 0 spiro atoms. The second-order valence-electron chi connectivity index (χ2n) is 6.91. The number of hydrogen-bond acceptors (Lipinski definition) is 6. The van der Waals surface area contributed by atoms with Crippen LogP contribution in [0.3, 0.4) is 0 Å². The number of para-hydroxylation sites is 1. The Bertz CT molecular complexity index is 1270. The lowest BCUT2D eigenvalue weighted by Crippen LogP contribution is -2.14. The molecule has 1 amide bonds. The molecule has 7 nitrogen and oxygen atoms in total. The molecule has 2 aromatic carbocycles. The molecule has 0 radical (unpaired) electrons. The van der Waals surface area contributed by atoms with Crippen molar-refractivity contribution in [2.45, 2.75) is 0 Å². The number of amides is 1. The van der Waals surface area contributed by atoms with Crippen molar-refractivity contribution in [1.82, 2.24) is 9.97 Å². The van der Waals surface area contributed by atoms with Gasteiger partial charge in [-0.25, -0.2) is 9.78 Å². The van der Waals surface area contributed by atoms with Crippen molar-refractivity contribution in [2.75, 3.05) is 12.4 Å². The Kier molecular flexibility index (Phi) is 5.89. The Balaban J connectivity index is 1.68. The fourth-order valence-electron chi connectivity index (χ4n) is 3.19. The molecule has 32 heavy (non-hydrogen) atoms. The van der Waals surface area contributed by atoms with Crippen LogP contribution < -0.4 is 5.32 Å². The number of benzene rings is 2. The Hall–Kier alpha value is -4.52. The highest BCUT2D eigenvalue weighted by atomic mass is 16.5. The van der Waals surface area contributed by atoms with Gasteiger partial charge in [0.25, 0.3) is 5.91 Å². The third-order valence-corrected chi connectivity index (χ3v) is 4.81. The van der Waals surface area contributed by atoms with Gasteiger partial charge in [-0.3, -0.25) is 9.78 Å². The van der Waals surface area contributed by atoms with Gasteiger partial charge in [-0.15, -0.1) is 0 Å². The van der Waals surface area contributed by atoms with E-state index in [1.807, 2.05) is 36.4 Å². The monoisotopic (exact) mass is 425 g/mol. The number of esters is 1. The molecule has 2 aromatic heterocycles. The van der Waals surface area contributed by atoms with Crippen LogP contribution in [0.1, 0.15) is 20.7 Å². The lowest BCUT2D eigenvalue weighted by molar-refractivity contribution is 0.0600. The number of carbonyl (C=O) groups excluding carboxylic acids is 2. The number of ether oxygens (including phenoxy) is 1. The number of pyridine rings is 2. The molecule has 0 unspecified atom stereocenters. The zero-order valence-electron chi connectivity index (χ0n) is 17.1. The Morgan fingerprint density at radius 1 is 0.906 bits per heavy atom. The van der Waals surface area contributed by atoms with Gasteiger partial charge in [-0.2, -0.15) is 0 Å². The maximum absolute atomic E-state index is 12.6. The van der Waals surface area contributed by atoms with E-state index in [2.05, 4.69) is 15.3 Å². The number of methoxy groups -OCH3 is 1. The maximum atomic E-state index is 12.6. The van der Waals surface area contributed by atoms with Crippen LogP contribution in [0.2, 0.25) is 0 Å². The van der Waals surface area contributed by atoms with E-state index < -0.39 is 11.9 Å². The summed E-state index contributed by atoms with van der Waals surface area (Å²) in [7, 11) is 1.28. The summed E-state index contributed by atoms with van der Waals surface area (Å²) in [5.41, 5.74) is 3.53. The predicted molar refractivity (Wildman–Crippen MR) is 120 cm³/mol. The third kappa shape index (κ3) is 4.46. The molecule has 0 saturated carbocycles. The first-order chi connectivity index (χ1) is 15.5. The summed E-state index contributed by atoms with van der Waals surface area (Å²) in [6.45, 7) is 0. The molecule has 2 heterocycles. The molecule has 0 aliphatic carbocycles. The van der Waals surface area contributed by atoms with Gasteiger partial charge < -0.3 is 15.2 Å². The van der Waals surface area contributed by atoms with Crippen molar-refractivity contribution in [3.05, 3.63) is 96.3 Å². The lowest BCUT2D eigenvalue weighted by atomic mass is 10.0. The van der Waals surface area contributed by atoms with Gasteiger partial charge in [0.1, 0.15) is 11.6 Å². The molecule has 0 saturated heterocycles. The highest BCUT2D eigenvalue weighted by molar-refractivity contribution is 6.06. The summed E-state index contributed by atoms with van der Waals surface area (Å²) in [5, 5.41) is 12.6. The molecule has 2 N–H and O–H groups in total. The van der Waals surface area contributed by atoms with Gasteiger partial charge >= 0.3 is 5.97 Å². The van der Waals surface area contributed by atoms with Crippen molar-refractivity contribution in [3.63, 3.8) is 0 Å². The highest BCUT2D eigenvalue weighted by Gasteiger charge is 2.16. The summed E-state index contributed by atoms with van der Waals surface area (Å²) in [4.78, 5) is 33.4. The first-order valence-corrected chi connectivity index (χ1v) is 9.76. The molecule has 0 bridgehead atoms. The molecule has 7 heteroatoms. The minimum absolute atomic E-state index is 0.0974.